The smallest absolute Gasteiger partial charge is 0.251 e. The molecule has 0 aromatic heterocycles. The van der Waals surface area contributed by atoms with Crippen molar-refractivity contribution < 1.29 is 13.2 Å². The highest BCUT2D eigenvalue weighted by Gasteiger charge is 2.15. The molecule has 0 spiro atoms. The number of carbonyl (C=O) groups excluding carboxylic acids is 1. The van der Waals surface area contributed by atoms with E-state index in [-0.39, 0.29) is 5.91 Å². The Balaban J connectivity index is 1.86. The van der Waals surface area contributed by atoms with Gasteiger partial charge >= 0.3 is 0 Å². The summed E-state index contributed by atoms with van der Waals surface area (Å²) in [7, 11) is -3.33. The maximum absolute atomic E-state index is 12.2. The van der Waals surface area contributed by atoms with Crippen molar-refractivity contribution in [3.05, 3.63) is 59.1 Å². The number of hydrogen-bond acceptors (Lipinski definition) is 4. The van der Waals surface area contributed by atoms with Gasteiger partial charge in [-0.1, -0.05) is 11.6 Å². The maximum atomic E-state index is 12.2. The monoisotopic (exact) mass is 412 g/mol. The predicted molar refractivity (Wildman–Crippen MR) is 109 cm³/mol. The average molecular weight is 413 g/mol. The van der Waals surface area contributed by atoms with Crippen LogP contribution in [0.25, 0.3) is 0 Å². The quantitative estimate of drug-likeness (QED) is 0.531. The first-order chi connectivity index (χ1) is 12.3. The lowest BCUT2D eigenvalue weighted by atomic mass is 10.2. The number of benzene rings is 2. The number of hydrogen-bond donors (Lipinski definition) is 1. The van der Waals surface area contributed by atoms with Gasteiger partial charge in [-0.3, -0.25) is 9.10 Å². The number of anilines is 1. The molecule has 2 aromatic rings. The largest absolute Gasteiger partial charge is 0.351 e. The summed E-state index contributed by atoms with van der Waals surface area (Å²) >= 11 is 7.48. The second-order valence-corrected chi connectivity index (χ2v) is 9.04. The third kappa shape index (κ3) is 5.93. The van der Waals surface area contributed by atoms with Crippen molar-refractivity contribution >= 4 is 45.0 Å². The maximum Gasteiger partial charge on any atom is 0.251 e. The Labute approximate surface area is 163 Å². The Morgan fingerprint density at radius 1 is 1.12 bits per heavy atom. The Morgan fingerprint density at radius 3 is 2.27 bits per heavy atom. The number of halogens is 1. The van der Waals surface area contributed by atoms with Gasteiger partial charge in [0.25, 0.3) is 5.91 Å². The van der Waals surface area contributed by atoms with E-state index < -0.39 is 10.0 Å². The highest BCUT2D eigenvalue weighted by atomic mass is 35.5. The fraction of sp³-hybridized carbons (Fsp3) is 0.278. The summed E-state index contributed by atoms with van der Waals surface area (Å²) in [6, 6.07) is 14.1. The van der Waals surface area contributed by atoms with Crippen molar-refractivity contribution in [1.82, 2.24) is 5.32 Å². The van der Waals surface area contributed by atoms with Gasteiger partial charge in [-0.25, -0.2) is 8.42 Å². The van der Waals surface area contributed by atoms with Crippen LogP contribution in [0.3, 0.4) is 0 Å². The summed E-state index contributed by atoms with van der Waals surface area (Å²) < 4.78 is 24.7. The van der Waals surface area contributed by atoms with Crippen molar-refractivity contribution in [2.75, 3.05) is 29.4 Å². The number of amides is 1. The molecule has 2 rings (SSSR count). The summed E-state index contributed by atoms with van der Waals surface area (Å²) in [5.41, 5.74) is 1.04. The van der Waals surface area contributed by atoms with Crippen molar-refractivity contribution in [3.63, 3.8) is 0 Å². The SMILES string of the molecule is CCN(c1ccc(C(=O)NCCSc2ccc(Cl)cc2)cc1)S(C)(=O)=O. The minimum absolute atomic E-state index is 0.185. The molecule has 0 aliphatic heterocycles. The summed E-state index contributed by atoms with van der Waals surface area (Å²) in [6.45, 7) is 2.63. The van der Waals surface area contributed by atoms with Gasteiger partial charge in [-0.05, 0) is 55.5 Å². The third-order valence-electron chi connectivity index (χ3n) is 3.58. The van der Waals surface area contributed by atoms with Gasteiger partial charge in [0.1, 0.15) is 0 Å². The van der Waals surface area contributed by atoms with E-state index in [9.17, 15) is 13.2 Å². The van der Waals surface area contributed by atoms with E-state index in [0.717, 1.165) is 16.9 Å². The lowest BCUT2D eigenvalue weighted by Crippen LogP contribution is -2.29. The molecular weight excluding hydrogens is 392 g/mol. The highest BCUT2D eigenvalue weighted by Crippen LogP contribution is 2.20. The summed E-state index contributed by atoms with van der Waals surface area (Å²) in [5.74, 6) is 0.555. The van der Waals surface area contributed by atoms with E-state index in [0.29, 0.717) is 29.4 Å². The Bertz CT molecular complexity index is 838. The molecule has 0 heterocycles. The van der Waals surface area contributed by atoms with Crippen LogP contribution in [0.5, 0.6) is 0 Å². The van der Waals surface area contributed by atoms with E-state index in [4.69, 9.17) is 11.6 Å². The number of rotatable bonds is 8. The van der Waals surface area contributed by atoms with Crippen molar-refractivity contribution in [3.8, 4) is 0 Å². The normalized spacial score (nSPS) is 11.2. The van der Waals surface area contributed by atoms with Crippen LogP contribution in [0.1, 0.15) is 17.3 Å². The van der Waals surface area contributed by atoms with Gasteiger partial charge in [-0.15, -0.1) is 11.8 Å². The van der Waals surface area contributed by atoms with Crippen molar-refractivity contribution in [2.45, 2.75) is 11.8 Å². The van der Waals surface area contributed by atoms with Gasteiger partial charge in [0.15, 0.2) is 0 Å². The highest BCUT2D eigenvalue weighted by molar-refractivity contribution is 7.99. The van der Waals surface area contributed by atoms with E-state index in [1.807, 2.05) is 24.3 Å². The van der Waals surface area contributed by atoms with Crippen LogP contribution >= 0.6 is 23.4 Å². The van der Waals surface area contributed by atoms with Crippen LogP contribution in [0, 0.1) is 0 Å². The van der Waals surface area contributed by atoms with Gasteiger partial charge in [-0.2, -0.15) is 0 Å². The molecule has 140 valence electrons. The molecule has 1 amide bonds. The molecule has 26 heavy (non-hydrogen) atoms. The number of carbonyl (C=O) groups is 1. The minimum atomic E-state index is -3.33. The number of nitrogens with one attached hydrogen (secondary N) is 1. The fourth-order valence-corrected chi connectivity index (χ4v) is 4.22. The van der Waals surface area contributed by atoms with Gasteiger partial charge in [0, 0.05) is 34.3 Å². The molecule has 2 aromatic carbocycles. The average Bonchev–Trinajstić information content (AvgIpc) is 2.60. The van der Waals surface area contributed by atoms with E-state index >= 15 is 0 Å². The van der Waals surface area contributed by atoms with Gasteiger partial charge < -0.3 is 5.32 Å². The number of sulfonamides is 1. The van der Waals surface area contributed by atoms with Crippen molar-refractivity contribution in [1.29, 1.82) is 0 Å². The number of thioether (sulfide) groups is 1. The first kappa shape index (κ1) is 20.6. The first-order valence-corrected chi connectivity index (χ1v) is 11.3. The zero-order valence-corrected chi connectivity index (χ0v) is 17.0. The van der Waals surface area contributed by atoms with Gasteiger partial charge in [0.05, 0.1) is 11.9 Å². The first-order valence-electron chi connectivity index (χ1n) is 8.05. The second-order valence-electron chi connectivity index (χ2n) is 5.53. The van der Waals surface area contributed by atoms with E-state index in [2.05, 4.69) is 5.32 Å². The molecular formula is C18H21ClN2O3S2. The molecule has 0 aliphatic rings. The fourth-order valence-electron chi connectivity index (χ4n) is 2.35. The third-order valence-corrected chi connectivity index (χ3v) is 6.11. The van der Waals surface area contributed by atoms with E-state index in [1.165, 1.54) is 4.31 Å². The Morgan fingerprint density at radius 2 is 1.73 bits per heavy atom. The van der Waals surface area contributed by atoms with Crippen LogP contribution < -0.4 is 9.62 Å². The van der Waals surface area contributed by atoms with Crippen LogP contribution in [0.2, 0.25) is 5.02 Å². The molecule has 0 saturated carbocycles. The molecule has 5 nitrogen and oxygen atoms in total. The molecule has 0 radical (unpaired) electrons. The Hall–Kier alpha value is -1.70. The summed E-state index contributed by atoms with van der Waals surface area (Å²) in [6.07, 6.45) is 1.16. The predicted octanol–water partition coefficient (Wildman–Crippen LogP) is 3.65. The van der Waals surface area contributed by atoms with E-state index in [1.54, 1.807) is 43.0 Å². The van der Waals surface area contributed by atoms with Crippen LogP contribution in [0.15, 0.2) is 53.4 Å². The molecule has 0 aliphatic carbocycles. The molecule has 0 atom stereocenters. The summed E-state index contributed by atoms with van der Waals surface area (Å²) in [5, 5.41) is 3.55. The molecule has 0 saturated heterocycles. The molecule has 8 heteroatoms. The lowest BCUT2D eigenvalue weighted by Gasteiger charge is -2.20. The topological polar surface area (TPSA) is 66.5 Å². The molecule has 0 fully saturated rings. The zero-order chi connectivity index (χ0) is 19.2. The molecule has 0 unspecified atom stereocenters. The van der Waals surface area contributed by atoms with Gasteiger partial charge in [0.2, 0.25) is 10.0 Å². The Kier molecular flexibility index (Phi) is 7.37. The number of nitrogens with zero attached hydrogens (tertiary/aromatic N) is 1. The second kappa shape index (κ2) is 9.30. The zero-order valence-electron chi connectivity index (χ0n) is 14.6. The molecule has 0 bridgehead atoms. The van der Waals surface area contributed by atoms with Crippen LogP contribution in [0.4, 0.5) is 5.69 Å². The van der Waals surface area contributed by atoms with Crippen LogP contribution in [-0.2, 0) is 10.0 Å². The van der Waals surface area contributed by atoms with Crippen LogP contribution in [-0.4, -0.2) is 39.4 Å². The standard InChI is InChI=1S/C18H21ClN2O3S2/c1-3-21(26(2,23)24)16-8-4-14(5-9-16)18(22)20-12-13-25-17-10-6-15(19)7-11-17/h4-11H,3,12-13H2,1-2H3,(H,20,22). The minimum Gasteiger partial charge on any atom is -0.351 e. The summed E-state index contributed by atoms with van der Waals surface area (Å²) in [4.78, 5) is 13.3. The molecule has 1 N–H and O–H groups in total. The van der Waals surface area contributed by atoms with Crippen molar-refractivity contribution in [2.24, 2.45) is 0 Å². The lowest BCUT2D eigenvalue weighted by molar-refractivity contribution is 0.0956.